The third kappa shape index (κ3) is 5.22. The normalized spacial score (nSPS) is 17.4. The van der Waals surface area contributed by atoms with Crippen molar-refractivity contribution in [2.75, 3.05) is 6.54 Å². The van der Waals surface area contributed by atoms with Gasteiger partial charge in [-0.2, -0.15) is 0 Å². The Labute approximate surface area is 187 Å². The van der Waals surface area contributed by atoms with Gasteiger partial charge in [0.1, 0.15) is 11.6 Å². The number of likely N-dealkylation sites (tertiary alicyclic amines) is 1. The topological polar surface area (TPSA) is 138 Å². The van der Waals surface area contributed by atoms with E-state index < -0.39 is 40.2 Å². The molecule has 10 heteroatoms. The number of carboxylic acid groups (broad SMARTS) is 1. The maximum Gasteiger partial charge on any atom is 0.303 e. The third-order valence-electron chi connectivity index (χ3n) is 5.34. The highest BCUT2D eigenvalue weighted by Gasteiger charge is 2.46. The predicted octanol–water partition coefficient (Wildman–Crippen LogP) is 3.80. The second-order valence-electron chi connectivity index (χ2n) is 7.56. The van der Waals surface area contributed by atoms with Crippen LogP contribution in [-0.4, -0.2) is 44.2 Å². The van der Waals surface area contributed by atoms with Crippen molar-refractivity contribution in [1.82, 2.24) is 4.90 Å². The van der Waals surface area contributed by atoms with Crippen molar-refractivity contribution in [2.45, 2.75) is 31.7 Å². The smallest absolute Gasteiger partial charge is 0.303 e. The number of aliphatic carboxylic acids is 1. The largest absolute Gasteiger partial charge is 0.507 e. The van der Waals surface area contributed by atoms with Crippen molar-refractivity contribution >= 4 is 29.1 Å². The number of unbranched alkanes of at least 4 members (excludes halogenated alkanes) is 2. The average Bonchev–Trinajstić information content (AvgIpc) is 3.03. The van der Waals surface area contributed by atoms with Crippen LogP contribution in [0.1, 0.15) is 42.9 Å². The predicted molar refractivity (Wildman–Crippen MR) is 115 cm³/mol. The van der Waals surface area contributed by atoms with Gasteiger partial charge in [0.05, 0.1) is 16.5 Å². The van der Waals surface area contributed by atoms with Gasteiger partial charge in [0.25, 0.3) is 17.4 Å². The Kier molecular flexibility index (Phi) is 7.17. The van der Waals surface area contributed by atoms with Crippen LogP contribution in [0.4, 0.5) is 10.1 Å². The SMILES string of the molecule is O=C(O)CCCCCN1C(=O)C(=O)C(=C(O)c2ccc(F)cc2)[C@H]1c1cccc([N+](=O)[O-])c1. The van der Waals surface area contributed by atoms with Crippen LogP contribution in [0.15, 0.2) is 54.1 Å². The van der Waals surface area contributed by atoms with Crippen molar-refractivity contribution in [3.63, 3.8) is 0 Å². The van der Waals surface area contributed by atoms with Crippen LogP contribution in [-0.2, 0) is 14.4 Å². The minimum Gasteiger partial charge on any atom is -0.507 e. The van der Waals surface area contributed by atoms with E-state index in [0.717, 1.165) is 12.1 Å². The Morgan fingerprint density at radius 1 is 1.06 bits per heavy atom. The summed E-state index contributed by atoms with van der Waals surface area (Å²) in [5.74, 6) is -3.85. The molecule has 0 aromatic heterocycles. The zero-order valence-electron chi connectivity index (χ0n) is 17.4. The zero-order valence-corrected chi connectivity index (χ0v) is 17.4. The Bertz CT molecular complexity index is 1130. The number of carbonyl (C=O) groups excluding carboxylic acids is 2. The number of nitro groups is 1. The molecule has 3 rings (SSSR count). The second kappa shape index (κ2) is 10.0. The van der Waals surface area contributed by atoms with Gasteiger partial charge in [0.15, 0.2) is 0 Å². The van der Waals surface area contributed by atoms with E-state index >= 15 is 0 Å². The first-order chi connectivity index (χ1) is 15.7. The number of nitro benzene ring substituents is 1. The van der Waals surface area contributed by atoms with Gasteiger partial charge in [0, 0.05) is 30.7 Å². The second-order valence-corrected chi connectivity index (χ2v) is 7.56. The summed E-state index contributed by atoms with van der Waals surface area (Å²) in [5, 5.41) is 30.9. The fraction of sp³-hybridized carbons (Fsp3) is 0.261. The van der Waals surface area contributed by atoms with Crippen molar-refractivity contribution in [3.05, 3.63) is 81.2 Å². The molecule has 1 fully saturated rings. The molecular formula is C23H21FN2O7. The molecule has 1 heterocycles. The van der Waals surface area contributed by atoms with E-state index in [1.165, 1.54) is 41.3 Å². The summed E-state index contributed by atoms with van der Waals surface area (Å²) in [6, 6.07) is 9.04. The monoisotopic (exact) mass is 456 g/mol. The number of halogens is 1. The number of hydrogen-bond donors (Lipinski definition) is 2. The highest BCUT2D eigenvalue weighted by molar-refractivity contribution is 6.46. The molecule has 0 spiro atoms. The fourth-order valence-electron chi connectivity index (χ4n) is 3.76. The molecule has 1 saturated heterocycles. The molecule has 9 nitrogen and oxygen atoms in total. The average molecular weight is 456 g/mol. The van der Waals surface area contributed by atoms with Gasteiger partial charge in [-0.25, -0.2) is 4.39 Å². The molecule has 0 aliphatic carbocycles. The fourth-order valence-corrected chi connectivity index (χ4v) is 3.76. The molecule has 1 amide bonds. The summed E-state index contributed by atoms with van der Waals surface area (Å²) in [5.41, 5.74) is -0.122. The summed E-state index contributed by atoms with van der Waals surface area (Å²) in [4.78, 5) is 48.3. The molecule has 1 aliphatic heterocycles. The van der Waals surface area contributed by atoms with Crippen molar-refractivity contribution in [2.24, 2.45) is 0 Å². The summed E-state index contributed by atoms with van der Waals surface area (Å²) in [6.07, 6.45) is 1.23. The summed E-state index contributed by atoms with van der Waals surface area (Å²) >= 11 is 0. The number of benzene rings is 2. The maximum atomic E-state index is 13.3. The first-order valence-electron chi connectivity index (χ1n) is 10.2. The van der Waals surface area contributed by atoms with E-state index in [2.05, 4.69) is 0 Å². The lowest BCUT2D eigenvalue weighted by Gasteiger charge is -2.25. The van der Waals surface area contributed by atoms with E-state index in [1.54, 1.807) is 0 Å². The Morgan fingerprint density at radius 3 is 2.39 bits per heavy atom. The number of Topliss-reactive ketones (excluding diaryl/α,β-unsaturated/α-hetero) is 1. The first kappa shape index (κ1) is 23.6. The Balaban J connectivity index is 2.02. The molecule has 1 atom stereocenters. The van der Waals surface area contributed by atoms with E-state index in [4.69, 9.17) is 5.11 Å². The van der Waals surface area contributed by atoms with Crippen LogP contribution in [0.25, 0.3) is 5.76 Å². The molecule has 0 saturated carbocycles. The van der Waals surface area contributed by atoms with Gasteiger partial charge < -0.3 is 15.1 Å². The van der Waals surface area contributed by atoms with Crippen LogP contribution < -0.4 is 0 Å². The van der Waals surface area contributed by atoms with Crippen LogP contribution >= 0.6 is 0 Å². The lowest BCUT2D eigenvalue weighted by Crippen LogP contribution is -2.30. The molecule has 0 radical (unpaired) electrons. The quantitative estimate of drug-likeness (QED) is 0.146. The van der Waals surface area contributed by atoms with Gasteiger partial charge in [0.2, 0.25) is 0 Å². The van der Waals surface area contributed by atoms with Crippen molar-refractivity contribution < 1.29 is 33.9 Å². The number of nitrogens with zero attached hydrogens (tertiary/aromatic N) is 2. The minimum absolute atomic E-state index is 0.0301. The van der Waals surface area contributed by atoms with Crippen molar-refractivity contribution in [1.29, 1.82) is 0 Å². The van der Waals surface area contributed by atoms with Crippen LogP contribution in [0, 0.1) is 15.9 Å². The summed E-state index contributed by atoms with van der Waals surface area (Å²) in [6.45, 7) is 0.0811. The van der Waals surface area contributed by atoms with Gasteiger partial charge in [-0.3, -0.25) is 24.5 Å². The number of carboxylic acids is 1. The maximum absolute atomic E-state index is 13.3. The molecule has 0 bridgehead atoms. The Morgan fingerprint density at radius 2 is 1.76 bits per heavy atom. The molecular weight excluding hydrogens is 435 g/mol. The van der Waals surface area contributed by atoms with E-state index in [-0.39, 0.29) is 35.4 Å². The number of ketones is 1. The molecule has 1 aliphatic rings. The number of hydrogen-bond acceptors (Lipinski definition) is 6. The van der Waals surface area contributed by atoms with E-state index in [1.807, 2.05) is 0 Å². The van der Waals surface area contributed by atoms with Gasteiger partial charge in [-0.05, 0) is 42.7 Å². The van der Waals surface area contributed by atoms with Gasteiger partial charge >= 0.3 is 5.97 Å². The molecule has 2 N–H and O–H groups in total. The number of aliphatic hydroxyl groups excluding tert-OH is 1. The molecule has 2 aromatic carbocycles. The highest BCUT2D eigenvalue weighted by atomic mass is 19.1. The number of amides is 1. The number of carbonyl (C=O) groups is 3. The minimum atomic E-state index is -1.09. The van der Waals surface area contributed by atoms with Gasteiger partial charge in [-0.15, -0.1) is 0 Å². The standard InChI is InChI=1S/C23H21FN2O7/c24-16-10-8-14(9-11-16)21(29)19-20(15-5-4-6-17(13-15)26(32)33)25(23(31)22(19)30)12-3-1-2-7-18(27)28/h4-6,8-11,13,20,29H,1-3,7,12H2,(H,27,28)/t20-/m1/s1. The zero-order chi connectivity index (χ0) is 24.1. The van der Waals surface area contributed by atoms with Gasteiger partial charge in [-0.1, -0.05) is 18.6 Å². The third-order valence-corrected chi connectivity index (χ3v) is 5.34. The molecule has 172 valence electrons. The van der Waals surface area contributed by atoms with E-state index in [0.29, 0.717) is 19.3 Å². The first-order valence-corrected chi connectivity index (χ1v) is 10.2. The van der Waals surface area contributed by atoms with Crippen LogP contribution in [0.2, 0.25) is 0 Å². The number of aliphatic hydroxyl groups is 1. The van der Waals surface area contributed by atoms with E-state index in [9.17, 15) is 34.0 Å². The molecule has 33 heavy (non-hydrogen) atoms. The lowest BCUT2D eigenvalue weighted by molar-refractivity contribution is -0.384. The van der Waals surface area contributed by atoms with Crippen molar-refractivity contribution in [3.8, 4) is 0 Å². The molecule has 0 unspecified atom stereocenters. The Hall–Kier alpha value is -4.08. The highest BCUT2D eigenvalue weighted by Crippen LogP contribution is 2.40. The summed E-state index contributed by atoms with van der Waals surface area (Å²) < 4.78 is 13.3. The molecule has 2 aromatic rings. The lowest BCUT2D eigenvalue weighted by atomic mass is 9.95. The van der Waals surface area contributed by atoms with Crippen LogP contribution in [0.3, 0.4) is 0 Å². The number of rotatable bonds is 9. The van der Waals surface area contributed by atoms with Crippen LogP contribution in [0.5, 0.6) is 0 Å². The summed E-state index contributed by atoms with van der Waals surface area (Å²) in [7, 11) is 0. The number of non-ortho nitro benzene ring substituents is 1.